The van der Waals surface area contributed by atoms with Gasteiger partial charge in [-0.05, 0) is 25.8 Å². The van der Waals surface area contributed by atoms with E-state index in [1.807, 2.05) is 24.0 Å². The summed E-state index contributed by atoms with van der Waals surface area (Å²) in [5.74, 6) is 0.648. The molecule has 0 unspecified atom stereocenters. The Balaban J connectivity index is 1.90. The Labute approximate surface area is 121 Å². The number of methoxy groups -OCH3 is 1. The predicted octanol–water partition coefficient (Wildman–Crippen LogP) is 3.24. The van der Waals surface area contributed by atoms with Crippen molar-refractivity contribution in [1.82, 2.24) is 9.88 Å². The minimum atomic E-state index is -0.0543. The largest absolute Gasteiger partial charge is 0.494 e. The van der Waals surface area contributed by atoms with Crippen molar-refractivity contribution in [2.24, 2.45) is 0 Å². The van der Waals surface area contributed by atoms with Gasteiger partial charge in [0.1, 0.15) is 5.75 Å². The van der Waals surface area contributed by atoms with Crippen LogP contribution in [0.5, 0.6) is 5.75 Å². The summed E-state index contributed by atoms with van der Waals surface area (Å²) in [7, 11) is 1.60. The van der Waals surface area contributed by atoms with Crippen LogP contribution >= 0.6 is 11.3 Å². The number of aromatic nitrogens is 1. The number of hydrogen-bond donors (Lipinski definition) is 1. The number of nitrogens with one attached hydrogen (secondary N) is 1. The number of likely N-dealkylation sites (tertiary alicyclic amines) is 1. The van der Waals surface area contributed by atoms with E-state index in [9.17, 15) is 4.79 Å². The molecule has 1 aliphatic heterocycles. The number of benzene rings is 1. The average Bonchev–Trinajstić information content (AvgIpc) is 3.05. The Morgan fingerprint density at radius 1 is 1.40 bits per heavy atom. The maximum absolute atomic E-state index is 12.2. The number of carbonyl (C=O) groups is 1. The molecule has 1 saturated heterocycles. The molecule has 0 spiro atoms. The van der Waals surface area contributed by atoms with Crippen LogP contribution < -0.4 is 10.1 Å². The number of hydrogen-bond acceptors (Lipinski definition) is 4. The second-order valence-corrected chi connectivity index (χ2v) is 6.11. The summed E-state index contributed by atoms with van der Waals surface area (Å²) >= 11 is 1.61. The van der Waals surface area contributed by atoms with Crippen molar-refractivity contribution < 1.29 is 9.53 Å². The van der Waals surface area contributed by atoms with Crippen molar-refractivity contribution in [3.63, 3.8) is 0 Å². The molecule has 106 valence electrons. The first kappa shape index (κ1) is 13.2. The Hall–Kier alpha value is -1.82. The molecule has 0 bridgehead atoms. The van der Waals surface area contributed by atoms with E-state index in [-0.39, 0.29) is 6.03 Å². The van der Waals surface area contributed by atoms with E-state index >= 15 is 0 Å². The second-order valence-electron chi connectivity index (χ2n) is 4.88. The minimum absolute atomic E-state index is 0.0543. The summed E-state index contributed by atoms with van der Waals surface area (Å²) in [5.41, 5.74) is 1.61. The van der Waals surface area contributed by atoms with Crippen LogP contribution in [0.1, 0.15) is 17.8 Å². The van der Waals surface area contributed by atoms with Crippen LogP contribution in [0.3, 0.4) is 0 Å². The molecule has 0 radical (unpaired) electrons. The van der Waals surface area contributed by atoms with Gasteiger partial charge in [0.25, 0.3) is 0 Å². The molecule has 1 aliphatic rings. The Bertz CT molecular complexity index is 647. The molecule has 2 heterocycles. The number of amides is 2. The highest BCUT2D eigenvalue weighted by Crippen LogP contribution is 2.33. The molecule has 5 nitrogen and oxygen atoms in total. The van der Waals surface area contributed by atoms with Gasteiger partial charge in [-0.15, -0.1) is 11.3 Å². The Morgan fingerprint density at radius 3 is 2.85 bits per heavy atom. The Morgan fingerprint density at radius 2 is 2.15 bits per heavy atom. The molecule has 1 aromatic carbocycles. The fourth-order valence-electron chi connectivity index (χ4n) is 2.45. The van der Waals surface area contributed by atoms with Gasteiger partial charge in [-0.3, -0.25) is 0 Å². The minimum Gasteiger partial charge on any atom is -0.494 e. The van der Waals surface area contributed by atoms with Crippen molar-refractivity contribution in [1.29, 1.82) is 0 Å². The zero-order valence-corrected chi connectivity index (χ0v) is 12.4. The summed E-state index contributed by atoms with van der Waals surface area (Å²) in [6, 6.07) is 3.76. The van der Waals surface area contributed by atoms with E-state index < -0.39 is 0 Å². The van der Waals surface area contributed by atoms with Crippen LogP contribution in [0.25, 0.3) is 10.2 Å². The van der Waals surface area contributed by atoms with E-state index in [1.165, 1.54) is 0 Å². The molecule has 1 N–H and O–H groups in total. The summed E-state index contributed by atoms with van der Waals surface area (Å²) in [5, 5.41) is 3.95. The quantitative estimate of drug-likeness (QED) is 0.924. The molecule has 2 aromatic rings. The van der Waals surface area contributed by atoms with Gasteiger partial charge in [0.15, 0.2) is 0 Å². The van der Waals surface area contributed by atoms with Crippen molar-refractivity contribution in [2.45, 2.75) is 19.8 Å². The van der Waals surface area contributed by atoms with Crippen molar-refractivity contribution in [2.75, 3.05) is 25.5 Å². The summed E-state index contributed by atoms with van der Waals surface area (Å²) < 4.78 is 6.41. The SMILES string of the molecule is COc1cc2nc(C)sc2cc1NC(=O)N1CCCC1. The number of rotatable bonds is 2. The monoisotopic (exact) mass is 291 g/mol. The maximum Gasteiger partial charge on any atom is 0.321 e. The lowest BCUT2D eigenvalue weighted by atomic mass is 10.2. The zero-order valence-electron chi connectivity index (χ0n) is 11.6. The number of aryl methyl sites for hydroxylation is 1. The Kier molecular flexibility index (Phi) is 3.48. The number of ether oxygens (including phenoxy) is 1. The van der Waals surface area contributed by atoms with E-state index in [4.69, 9.17) is 4.74 Å². The first-order valence-corrected chi connectivity index (χ1v) is 7.50. The molecule has 6 heteroatoms. The average molecular weight is 291 g/mol. The standard InChI is InChI=1S/C14H17N3O2S/c1-9-15-11-7-12(19-2)10(8-13(11)20-9)16-14(18)17-5-3-4-6-17/h7-8H,3-6H2,1-2H3,(H,16,18). The molecule has 0 saturated carbocycles. The molecule has 1 fully saturated rings. The van der Waals surface area contributed by atoms with Gasteiger partial charge in [-0.25, -0.2) is 9.78 Å². The first-order chi connectivity index (χ1) is 9.67. The van der Waals surface area contributed by atoms with Gasteiger partial charge in [-0.2, -0.15) is 0 Å². The second kappa shape index (κ2) is 5.28. The summed E-state index contributed by atoms with van der Waals surface area (Å²) in [4.78, 5) is 18.4. The van der Waals surface area contributed by atoms with E-state index in [1.54, 1.807) is 18.4 Å². The van der Waals surface area contributed by atoms with Crippen molar-refractivity contribution >= 4 is 33.3 Å². The van der Waals surface area contributed by atoms with Crippen LogP contribution in [-0.2, 0) is 0 Å². The number of nitrogens with zero attached hydrogens (tertiary/aromatic N) is 2. The molecule has 20 heavy (non-hydrogen) atoms. The lowest BCUT2D eigenvalue weighted by Crippen LogP contribution is -2.32. The van der Waals surface area contributed by atoms with Gasteiger partial charge in [0, 0.05) is 19.2 Å². The van der Waals surface area contributed by atoms with Crippen molar-refractivity contribution in [3.8, 4) is 5.75 Å². The van der Waals surface area contributed by atoms with Crippen LogP contribution in [0.4, 0.5) is 10.5 Å². The highest BCUT2D eigenvalue weighted by atomic mass is 32.1. The first-order valence-electron chi connectivity index (χ1n) is 6.68. The third kappa shape index (κ3) is 2.43. The molecular formula is C14H17N3O2S. The molecular weight excluding hydrogens is 274 g/mol. The number of thiazole rings is 1. The number of urea groups is 1. The van der Waals surface area contributed by atoms with E-state index in [0.717, 1.165) is 41.2 Å². The molecule has 0 atom stereocenters. The zero-order chi connectivity index (χ0) is 14.1. The highest BCUT2D eigenvalue weighted by Gasteiger charge is 2.19. The molecule has 1 aromatic heterocycles. The molecule has 2 amide bonds. The van der Waals surface area contributed by atoms with Gasteiger partial charge >= 0.3 is 6.03 Å². The van der Waals surface area contributed by atoms with E-state index in [2.05, 4.69) is 10.3 Å². The third-order valence-corrected chi connectivity index (χ3v) is 4.39. The van der Waals surface area contributed by atoms with Gasteiger partial charge in [-0.1, -0.05) is 0 Å². The normalized spacial score (nSPS) is 14.8. The van der Waals surface area contributed by atoms with Crippen LogP contribution in [0, 0.1) is 6.92 Å². The van der Waals surface area contributed by atoms with Crippen molar-refractivity contribution in [3.05, 3.63) is 17.1 Å². The van der Waals surface area contributed by atoms with Gasteiger partial charge in [0.2, 0.25) is 0 Å². The van der Waals surface area contributed by atoms with Crippen LogP contribution in [0.15, 0.2) is 12.1 Å². The smallest absolute Gasteiger partial charge is 0.321 e. The lowest BCUT2D eigenvalue weighted by molar-refractivity contribution is 0.222. The highest BCUT2D eigenvalue weighted by molar-refractivity contribution is 7.18. The molecule has 3 rings (SSSR count). The number of carbonyl (C=O) groups excluding carboxylic acids is 1. The number of fused-ring (bicyclic) bond motifs is 1. The fraction of sp³-hybridized carbons (Fsp3) is 0.429. The maximum atomic E-state index is 12.2. The van der Waals surface area contributed by atoms with Gasteiger partial charge < -0.3 is 15.0 Å². The van der Waals surface area contributed by atoms with Gasteiger partial charge in [0.05, 0.1) is 28.0 Å². The van der Waals surface area contributed by atoms with E-state index in [0.29, 0.717) is 11.4 Å². The lowest BCUT2D eigenvalue weighted by Gasteiger charge is -2.17. The van der Waals surface area contributed by atoms with Crippen LogP contribution in [0.2, 0.25) is 0 Å². The fourth-order valence-corrected chi connectivity index (χ4v) is 3.30. The van der Waals surface area contributed by atoms with Crippen LogP contribution in [-0.4, -0.2) is 36.1 Å². The number of anilines is 1. The predicted molar refractivity (Wildman–Crippen MR) is 80.7 cm³/mol. The summed E-state index contributed by atoms with van der Waals surface area (Å²) in [6.45, 7) is 3.63. The third-order valence-electron chi connectivity index (χ3n) is 3.45. The summed E-state index contributed by atoms with van der Waals surface area (Å²) in [6.07, 6.45) is 2.16. The molecule has 0 aliphatic carbocycles. The topological polar surface area (TPSA) is 54.5 Å².